The van der Waals surface area contributed by atoms with Crippen LogP contribution in [0.1, 0.15) is 31.4 Å². The molecule has 1 rings (SSSR count). The molecule has 0 spiro atoms. The fourth-order valence-corrected chi connectivity index (χ4v) is 1.56. The van der Waals surface area contributed by atoms with Gasteiger partial charge in [-0.3, -0.25) is 10.1 Å². The second-order valence-electron chi connectivity index (χ2n) is 3.36. The largest absolute Gasteiger partial charge is 0.324 e. The van der Waals surface area contributed by atoms with Crippen molar-refractivity contribution in [1.82, 2.24) is 0 Å². The van der Waals surface area contributed by atoms with E-state index in [1.807, 2.05) is 6.92 Å². The molecular formula is C10H13ClN2O2. The van der Waals surface area contributed by atoms with Crippen LogP contribution in [0.5, 0.6) is 0 Å². The first-order valence-electron chi connectivity index (χ1n) is 4.75. The third kappa shape index (κ3) is 2.91. The summed E-state index contributed by atoms with van der Waals surface area (Å²) in [6, 6.07) is 4.54. The zero-order chi connectivity index (χ0) is 11.4. The summed E-state index contributed by atoms with van der Waals surface area (Å²) in [5.41, 5.74) is 6.53. The van der Waals surface area contributed by atoms with Crippen molar-refractivity contribution < 1.29 is 4.92 Å². The molecule has 0 aromatic heterocycles. The van der Waals surface area contributed by atoms with Crippen LogP contribution in [0.25, 0.3) is 0 Å². The van der Waals surface area contributed by atoms with Crippen molar-refractivity contribution in [3.8, 4) is 0 Å². The normalized spacial score (nSPS) is 12.5. The van der Waals surface area contributed by atoms with E-state index in [1.54, 1.807) is 6.07 Å². The quantitative estimate of drug-likeness (QED) is 0.636. The van der Waals surface area contributed by atoms with Crippen molar-refractivity contribution in [3.63, 3.8) is 0 Å². The highest BCUT2D eigenvalue weighted by Gasteiger charge is 2.15. The Morgan fingerprint density at radius 1 is 1.60 bits per heavy atom. The van der Waals surface area contributed by atoms with Gasteiger partial charge in [0, 0.05) is 12.1 Å². The van der Waals surface area contributed by atoms with Crippen molar-refractivity contribution in [2.75, 3.05) is 0 Å². The van der Waals surface area contributed by atoms with Gasteiger partial charge in [-0.1, -0.05) is 31.0 Å². The SMILES string of the molecule is CCC[C@H](N)c1ccc(Cl)c([N+](=O)[O-])c1. The Bertz CT molecular complexity index is 368. The minimum atomic E-state index is -0.496. The van der Waals surface area contributed by atoms with Crippen LogP contribution < -0.4 is 5.73 Å². The average molecular weight is 229 g/mol. The maximum atomic E-state index is 10.6. The van der Waals surface area contributed by atoms with Gasteiger partial charge in [-0.05, 0) is 18.1 Å². The van der Waals surface area contributed by atoms with Gasteiger partial charge in [0.05, 0.1) is 4.92 Å². The molecule has 15 heavy (non-hydrogen) atoms. The number of benzene rings is 1. The fraction of sp³-hybridized carbons (Fsp3) is 0.400. The Morgan fingerprint density at radius 3 is 2.80 bits per heavy atom. The standard InChI is InChI=1S/C10H13ClN2O2/c1-2-3-9(12)7-4-5-8(11)10(6-7)13(14)15/h4-6,9H,2-3,12H2,1H3/t9-/m0/s1. The predicted molar refractivity (Wildman–Crippen MR) is 59.9 cm³/mol. The predicted octanol–water partition coefficient (Wildman–Crippen LogP) is 3.05. The highest BCUT2D eigenvalue weighted by Crippen LogP contribution is 2.28. The van der Waals surface area contributed by atoms with Gasteiger partial charge in [-0.2, -0.15) is 0 Å². The van der Waals surface area contributed by atoms with Crippen molar-refractivity contribution in [2.24, 2.45) is 5.73 Å². The number of halogens is 1. The van der Waals surface area contributed by atoms with Crippen molar-refractivity contribution in [2.45, 2.75) is 25.8 Å². The lowest BCUT2D eigenvalue weighted by Gasteiger charge is -2.10. The number of nitrogens with two attached hydrogens (primary N) is 1. The molecule has 0 saturated carbocycles. The topological polar surface area (TPSA) is 69.2 Å². The molecule has 0 fully saturated rings. The Morgan fingerprint density at radius 2 is 2.27 bits per heavy atom. The molecule has 0 amide bonds. The summed E-state index contributed by atoms with van der Waals surface area (Å²) >= 11 is 5.69. The molecular weight excluding hydrogens is 216 g/mol. The first-order valence-corrected chi connectivity index (χ1v) is 5.13. The maximum absolute atomic E-state index is 10.6. The molecule has 1 atom stereocenters. The number of rotatable bonds is 4. The molecule has 0 saturated heterocycles. The van der Waals surface area contributed by atoms with E-state index in [0.717, 1.165) is 18.4 Å². The molecule has 0 radical (unpaired) electrons. The number of hydrogen-bond donors (Lipinski definition) is 1. The monoisotopic (exact) mass is 228 g/mol. The van der Waals surface area contributed by atoms with Crippen LogP contribution in [-0.4, -0.2) is 4.92 Å². The maximum Gasteiger partial charge on any atom is 0.288 e. The summed E-state index contributed by atoms with van der Waals surface area (Å²) in [6.45, 7) is 2.02. The summed E-state index contributed by atoms with van der Waals surface area (Å²) in [5.74, 6) is 0. The number of nitrogens with zero attached hydrogens (tertiary/aromatic N) is 1. The lowest BCUT2D eigenvalue weighted by atomic mass is 10.0. The smallest absolute Gasteiger partial charge is 0.288 e. The van der Waals surface area contributed by atoms with Gasteiger partial charge in [0.2, 0.25) is 0 Å². The fourth-order valence-electron chi connectivity index (χ4n) is 1.38. The lowest BCUT2D eigenvalue weighted by molar-refractivity contribution is -0.384. The van der Waals surface area contributed by atoms with E-state index in [0.29, 0.717) is 0 Å². The summed E-state index contributed by atoms with van der Waals surface area (Å²) < 4.78 is 0. The number of nitro benzene ring substituents is 1. The number of nitro groups is 1. The Kier molecular flexibility index (Phi) is 4.05. The van der Waals surface area contributed by atoms with E-state index in [9.17, 15) is 10.1 Å². The Labute approximate surface area is 93.2 Å². The van der Waals surface area contributed by atoms with Gasteiger partial charge in [-0.15, -0.1) is 0 Å². The molecule has 5 heteroatoms. The summed E-state index contributed by atoms with van der Waals surface area (Å²) in [5, 5.41) is 10.8. The Hall–Kier alpha value is -1.13. The minimum Gasteiger partial charge on any atom is -0.324 e. The van der Waals surface area contributed by atoms with E-state index in [4.69, 9.17) is 17.3 Å². The summed E-state index contributed by atoms with van der Waals surface area (Å²) in [4.78, 5) is 10.1. The molecule has 2 N–H and O–H groups in total. The van der Waals surface area contributed by atoms with Crippen LogP contribution in [-0.2, 0) is 0 Å². The molecule has 0 unspecified atom stereocenters. The second-order valence-corrected chi connectivity index (χ2v) is 3.77. The van der Waals surface area contributed by atoms with Gasteiger partial charge < -0.3 is 5.73 Å². The van der Waals surface area contributed by atoms with Crippen LogP contribution in [0, 0.1) is 10.1 Å². The van der Waals surface area contributed by atoms with Crippen LogP contribution >= 0.6 is 11.6 Å². The molecule has 0 aliphatic rings. The molecule has 0 aliphatic carbocycles. The van der Waals surface area contributed by atoms with Crippen molar-refractivity contribution in [3.05, 3.63) is 38.9 Å². The van der Waals surface area contributed by atoms with E-state index in [2.05, 4.69) is 0 Å². The van der Waals surface area contributed by atoms with E-state index in [1.165, 1.54) is 12.1 Å². The summed E-state index contributed by atoms with van der Waals surface area (Å²) in [7, 11) is 0. The second kappa shape index (κ2) is 5.09. The minimum absolute atomic E-state index is 0.0827. The first-order chi connectivity index (χ1) is 7.06. The lowest BCUT2D eigenvalue weighted by Crippen LogP contribution is -2.09. The molecule has 1 aromatic rings. The third-order valence-corrected chi connectivity index (χ3v) is 2.51. The van der Waals surface area contributed by atoms with Crippen LogP contribution in [0.3, 0.4) is 0 Å². The van der Waals surface area contributed by atoms with Gasteiger partial charge in [0.15, 0.2) is 0 Å². The van der Waals surface area contributed by atoms with E-state index < -0.39 is 4.92 Å². The third-order valence-electron chi connectivity index (χ3n) is 2.19. The van der Waals surface area contributed by atoms with Crippen LogP contribution in [0.4, 0.5) is 5.69 Å². The number of hydrogen-bond acceptors (Lipinski definition) is 3. The molecule has 0 heterocycles. The summed E-state index contributed by atoms with van der Waals surface area (Å²) in [6.07, 6.45) is 1.75. The van der Waals surface area contributed by atoms with E-state index >= 15 is 0 Å². The highest BCUT2D eigenvalue weighted by molar-refractivity contribution is 6.32. The van der Waals surface area contributed by atoms with E-state index in [-0.39, 0.29) is 16.8 Å². The van der Waals surface area contributed by atoms with Crippen molar-refractivity contribution in [1.29, 1.82) is 0 Å². The molecule has 0 aliphatic heterocycles. The molecule has 1 aromatic carbocycles. The zero-order valence-electron chi connectivity index (χ0n) is 8.44. The molecule has 4 nitrogen and oxygen atoms in total. The van der Waals surface area contributed by atoms with Gasteiger partial charge in [0.25, 0.3) is 5.69 Å². The highest BCUT2D eigenvalue weighted by atomic mass is 35.5. The van der Waals surface area contributed by atoms with Gasteiger partial charge in [0.1, 0.15) is 5.02 Å². The van der Waals surface area contributed by atoms with Crippen LogP contribution in [0.15, 0.2) is 18.2 Å². The van der Waals surface area contributed by atoms with Crippen molar-refractivity contribution >= 4 is 17.3 Å². The average Bonchev–Trinajstić information content (AvgIpc) is 2.18. The molecule has 0 bridgehead atoms. The molecule has 82 valence electrons. The Balaban J connectivity index is 3.02. The first kappa shape index (κ1) is 11.9. The zero-order valence-corrected chi connectivity index (χ0v) is 9.20. The van der Waals surface area contributed by atoms with Gasteiger partial charge in [-0.25, -0.2) is 0 Å². The van der Waals surface area contributed by atoms with Crippen LogP contribution in [0.2, 0.25) is 5.02 Å². The van der Waals surface area contributed by atoms with Gasteiger partial charge >= 0.3 is 0 Å².